The van der Waals surface area contributed by atoms with Gasteiger partial charge in [0.15, 0.2) is 11.5 Å². The number of fused-ring (bicyclic) bond motifs is 2. The van der Waals surface area contributed by atoms with Crippen molar-refractivity contribution in [1.29, 1.82) is 0 Å². The molecule has 2 aliphatic heterocycles. The van der Waals surface area contributed by atoms with E-state index in [2.05, 4.69) is 4.98 Å². The molecule has 2 aromatic heterocycles. The van der Waals surface area contributed by atoms with E-state index in [-0.39, 0.29) is 23.9 Å². The van der Waals surface area contributed by atoms with Crippen molar-refractivity contribution >= 4 is 27.5 Å². The summed E-state index contributed by atoms with van der Waals surface area (Å²) in [6.45, 7) is 6.12. The second-order valence-electron chi connectivity index (χ2n) is 8.10. The van der Waals surface area contributed by atoms with Gasteiger partial charge in [-0.2, -0.15) is 0 Å². The van der Waals surface area contributed by atoms with Gasteiger partial charge in [-0.25, -0.2) is 4.98 Å². The van der Waals surface area contributed by atoms with Crippen LogP contribution in [0, 0.1) is 13.8 Å². The molecule has 3 aromatic rings. The Morgan fingerprint density at radius 1 is 1.23 bits per heavy atom. The van der Waals surface area contributed by atoms with Gasteiger partial charge in [0.05, 0.1) is 17.8 Å². The molecule has 0 N–H and O–H groups in total. The van der Waals surface area contributed by atoms with Gasteiger partial charge in [-0.1, -0.05) is 6.07 Å². The Bertz CT molecular complexity index is 1220. The quantitative estimate of drug-likeness (QED) is 0.621. The van der Waals surface area contributed by atoms with E-state index in [0.29, 0.717) is 25.1 Å². The number of likely N-dealkylation sites (tertiary alicyclic amines) is 1. The van der Waals surface area contributed by atoms with Crippen LogP contribution in [0.5, 0.6) is 11.5 Å². The zero-order valence-electron chi connectivity index (χ0n) is 17.7. The van der Waals surface area contributed by atoms with Gasteiger partial charge in [-0.15, -0.1) is 11.3 Å². The van der Waals surface area contributed by atoms with Crippen LogP contribution in [0.2, 0.25) is 0 Å². The minimum atomic E-state index is -0.0653. The van der Waals surface area contributed by atoms with E-state index in [1.165, 1.54) is 11.3 Å². The first-order valence-corrected chi connectivity index (χ1v) is 11.5. The molecule has 0 radical (unpaired) electrons. The standard InChI is InChI=1S/C23H25N3O4S/c1-14-15(2)31-22-21(14)23(28)25(13-24-22)9-7-20(27)26-8-3-4-17(26)16-5-6-18-19(12-16)30-11-10-29-18/h5-6,12-13,17H,3-4,7-11H2,1-2H3/t17-/m1/s1. The van der Waals surface area contributed by atoms with Crippen LogP contribution in [0.3, 0.4) is 0 Å². The molecule has 1 amide bonds. The molecule has 0 spiro atoms. The van der Waals surface area contributed by atoms with Crippen LogP contribution in [-0.4, -0.2) is 40.1 Å². The van der Waals surface area contributed by atoms with E-state index in [1.54, 1.807) is 10.9 Å². The summed E-state index contributed by atoms with van der Waals surface area (Å²) >= 11 is 1.54. The number of carbonyl (C=O) groups excluding carboxylic acids is 1. The van der Waals surface area contributed by atoms with Gasteiger partial charge in [0.2, 0.25) is 5.91 Å². The number of aryl methyl sites for hydroxylation is 3. The molecule has 1 saturated heterocycles. The number of benzene rings is 1. The predicted molar refractivity (Wildman–Crippen MR) is 119 cm³/mol. The van der Waals surface area contributed by atoms with E-state index in [4.69, 9.17) is 9.47 Å². The molecule has 2 aliphatic rings. The fourth-order valence-electron chi connectivity index (χ4n) is 4.47. The van der Waals surface area contributed by atoms with E-state index in [1.807, 2.05) is 36.9 Å². The number of amides is 1. The van der Waals surface area contributed by atoms with Crippen molar-refractivity contribution in [2.75, 3.05) is 19.8 Å². The average molecular weight is 440 g/mol. The number of rotatable bonds is 4. The Balaban J connectivity index is 1.32. The van der Waals surface area contributed by atoms with Gasteiger partial charge < -0.3 is 14.4 Å². The highest BCUT2D eigenvalue weighted by atomic mass is 32.1. The summed E-state index contributed by atoms with van der Waals surface area (Å²) < 4.78 is 12.9. The number of hydrogen-bond acceptors (Lipinski definition) is 6. The number of thiophene rings is 1. The van der Waals surface area contributed by atoms with Crippen molar-refractivity contribution in [3.05, 3.63) is 50.9 Å². The maximum absolute atomic E-state index is 13.1. The number of ether oxygens (including phenoxy) is 2. The molecule has 1 fully saturated rings. The lowest BCUT2D eigenvalue weighted by atomic mass is 10.0. The van der Waals surface area contributed by atoms with Gasteiger partial charge >= 0.3 is 0 Å². The van der Waals surface area contributed by atoms with Gasteiger partial charge in [0.1, 0.15) is 18.0 Å². The Morgan fingerprint density at radius 3 is 2.87 bits per heavy atom. The van der Waals surface area contributed by atoms with Crippen molar-refractivity contribution < 1.29 is 14.3 Å². The van der Waals surface area contributed by atoms with Crippen molar-refractivity contribution in [3.63, 3.8) is 0 Å². The number of aromatic nitrogens is 2. The highest BCUT2D eigenvalue weighted by Gasteiger charge is 2.30. The average Bonchev–Trinajstić information content (AvgIpc) is 3.38. The molecule has 0 saturated carbocycles. The van der Waals surface area contributed by atoms with Gasteiger partial charge in [0.25, 0.3) is 5.56 Å². The molecule has 5 rings (SSSR count). The lowest BCUT2D eigenvalue weighted by Gasteiger charge is -2.27. The van der Waals surface area contributed by atoms with Crippen molar-refractivity contribution in [3.8, 4) is 11.5 Å². The maximum Gasteiger partial charge on any atom is 0.262 e. The molecular formula is C23H25N3O4S. The third-order valence-corrected chi connectivity index (χ3v) is 7.36. The van der Waals surface area contributed by atoms with Gasteiger partial charge in [0, 0.05) is 24.4 Å². The van der Waals surface area contributed by atoms with Crippen LogP contribution < -0.4 is 15.0 Å². The summed E-state index contributed by atoms with van der Waals surface area (Å²) in [7, 11) is 0. The maximum atomic E-state index is 13.1. The minimum absolute atomic E-state index is 0.0300. The van der Waals surface area contributed by atoms with E-state index < -0.39 is 0 Å². The topological polar surface area (TPSA) is 73.7 Å². The SMILES string of the molecule is Cc1sc2ncn(CCC(=O)N3CCC[C@@H]3c3ccc4c(c3)OCCO4)c(=O)c2c1C. The second kappa shape index (κ2) is 8.00. The second-order valence-corrected chi connectivity index (χ2v) is 9.31. The van der Waals surface area contributed by atoms with Crippen LogP contribution in [0.1, 0.15) is 41.3 Å². The number of carbonyl (C=O) groups is 1. The first-order chi connectivity index (χ1) is 15.0. The van der Waals surface area contributed by atoms with Crippen LogP contribution in [-0.2, 0) is 11.3 Å². The van der Waals surface area contributed by atoms with Gasteiger partial charge in [-0.05, 0) is 49.9 Å². The Kier molecular flexibility index (Phi) is 5.17. The number of hydrogen-bond donors (Lipinski definition) is 0. The third kappa shape index (κ3) is 3.59. The first-order valence-electron chi connectivity index (χ1n) is 10.7. The molecule has 1 atom stereocenters. The van der Waals surface area contributed by atoms with E-state index in [0.717, 1.165) is 51.7 Å². The highest BCUT2D eigenvalue weighted by molar-refractivity contribution is 7.18. The Morgan fingerprint density at radius 2 is 2.03 bits per heavy atom. The Labute approximate surface area is 184 Å². The van der Waals surface area contributed by atoms with Gasteiger partial charge in [-0.3, -0.25) is 14.2 Å². The summed E-state index contributed by atoms with van der Waals surface area (Å²) in [6.07, 6.45) is 3.73. The summed E-state index contributed by atoms with van der Waals surface area (Å²) in [5.74, 6) is 1.56. The fraction of sp³-hybridized carbons (Fsp3) is 0.435. The third-order valence-electron chi connectivity index (χ3n) is 6.25. The zero-order valence-corrected chi connectivity index (χ0v) is 18.5. The lowest BCUT2D eigenvalue weighted by molar-refractivity contribution is -0.132. The lowest BCUT2D eigenvalue weighted by Crippen LogP contribution is -2.32. The first kappa shape index (κ1) is 20.1. The molecule has 1 aromatic carbocycles. The van der Waals surface area contributed by atoms with Crippen LogP contribution >= 0.6 is 11.3 Å². The molecular weight excluding hydrogens is 414 g/mol. The highest BCUT2D eigenvalue weighted by Crippen LogP contribution is 2.38. The van der Waals surface area contributed by atoms with E-state index in [9.17, 15) is 9.59 Å². The monoisotopic (exact) mass is 439 g/mol. The normalized spacial score (nSPS) is 18.0. The van der Waals surface area contributed by atoms with Crippen LogP contribution in [0.15, 0.2) is 29.3 Å². The molecule has 4 heterocycles. The van der Waals surface area contributed by atoms with Crippen molar-refractivity contribution in [2.24, 2.45) is 0 Å². The molecule has 0 aliphatic carbocycles. The summed E-state index contributed by atoms with van der Waals surface area (Å²) in [4.78, 5) is 34.2. The molecule has 0 unspecified atom stereocenters. The Hall–Kier alpha value is -2.87. The van der Waals surface area contributed by atoms with E-state index >= 15 is 0 Å². The summed E-state index contributed by atoms with van der Waals surface area (Å²) in [6, 6.07) is 5.97. The molecule has 8 heteroatoms. The smallest absolute Gasteiger partial charge is 0.262 e. The van der Waals surface area contributed by atoms with Crippen molar-refractivity contribution in [1.82, 2.24) is 14.5 Å². The molecule has 31 heavy (non-hydrogen) atoms. The number of nitrogens with zero attached hydrogens (tertiary/aromatic N) is 3. The van der Waals surface area contributed by atoms with Crippen LogP contribution in [0.4, 0.5) is 0 Å². The fourth-order valence-corrected chi connectivity index (χ4v) is 5.46. The molecule has 0 bridgehead atoms. The van der Waals surface area contributed by atoms with Crippen molar-refractivity contribution in [2.45, 2.75) is 45.7 Å². The summed E-state index contributed by atoms with van der Waals surface area (Å²) in [5.41, 5.74) is 1.99. The summed E-state index contributed by atoms with van der Waals surface area (Å²) in [5, 5.41) is 0.674. The molecule has 7 nitrogen and oxygen atoms in total. The largest absolute Gasteiger partial charge is 0.486 e. The van der Waals surface area contributed by atoms with Crippen LogP contribution in [0.25, 0.3) is 10.2 Å². The molecule has 162 valence electrons. The predicted octanol–water partition coefficient (Wildman–Crippen LogP) is 3.60. The minimum Gasteiger partial charge on any atom is -0.486 e. The zero-order chi connectivity index (χ0) is 21.5.